The van der Waals surface area contributed by atoms with E-state index in [0.29, 0.717) is 31.7 Å². The van der Waals surface area contributed by atoms with Crippen LogP contribution in [0.15, 0.2) is 42.7 Å². The van der Waals surface area contributed by atoms with Gasteiger partial charge in [-0.05, 0) is 12.1 Å². The second kappa shape index (κ2) is 9.28. The molecule has 0 aliphatic carbocycles. The Labute approximate surface area is 170 Å². The van der Waals surface area contributed by atoms with Crippen molar-refractivity contribution in [2.45, 2.75) is 6.54 Å². The van der Waals surface area contributed by atoms with Gasteiger partial charge in [0, 0.05) is 76.9 Å². The highest BCUT2D eigenvalue weighted by Gasteiger charge is 2.25. The van der Waals surface area contributed by atoms with Crippen molar-refractivity contribution in [2.24, 2.45) is 0 Å². The van der Waals surface area contributed by atoms with Crippen molar-refractivity contribution in [3.05, 3.63) is 54.1 Å². The number of carbonyl (C=O) groups is 1. The van der Waals surface area contributed by atoms with Gasteiger partial charge in [0.05, 0.1) is 6.54 Å². The summed E-state index contributed by atoms with van der Waals surface area (Å²) < 4.78 is 13.8. The first-order valence-electron chi connectivity index (χ1n) is 10.2. The van der Waals surface area contributed by atoms with Gasteiger partial charge in [-0.15, -0.1) is 0 Å². The quantitative estimate of drug-likeness (QED) is 0.752. The lowest BCUT2D eigenvalue weighted by molar-refractivity contribution is -0.134. The molecular formula is C21H27FN6O. The molecule has 8 heteroatoms. The Morgan fingerprint density at radius 1 is 0.862 bits per heavy atom. The minimum atomic E-state index is -0.161. The lowest BCUT2D eigenvalue weighted by Gasteiger charge is -2.38. The number of carbonyl (C=O) groups excluding carboxylic acids is 1. The topological polar surface area (TPSA) is 55.8 Å². The summed E-state index contributed by atoms with van der Waals surface area (Å²) in [6.07, 6.45) is 3.51. The maximum absolute atomic E-state index is 13.8. The number of hydrogen-bond donors (Lipinski definition) is 0. The van der Waals surface area contributed by atoms with E-state index in [9.17, 15) is 9.18 Å². The van der Waals surface area contributed by atoms with Crippen LogP contribution in [0.1, 0.15) is 5.56 Å². The van der Waals surface area contributed by atoms with Gasteiger partial charge in [-0.3, -0.25) is 14.6 Å². The molecule has 0 radical (unpaired) electrons. The van der Waals surface area contributed by atoms with Crippen molar-refractivity contribution >= 4 is 11.9 Å². The Balaban J connectivity index is 1.20. The highest BCUT2D eigenvalue weighted by atomic mass is 19.1. The van der Waals surface area contributed by atoms with Gasteiger partial charge in [-0.25, -0.2) is 14.4 Å². The largest absolute Gasteiger partial charge is 0.339 e. The van der Waals surface area contributed by atoms with Crippen molar-refractivity contribution in [2.75, 3.05) is 63.8 Å². The predicted octanol–water partition coefficient (Wildman–Crippen LogP) is 1.08. The van der Waals surface area contributed by atoms with Gasteiger partial charge >= 0.3 is 0 Å². The monoisotopic (exact) mass is 398 g/mol. The Morgan fingerprint density at radius 2 is 1.52 bits per heavy atom. The van der Waals surface area contributed by atoms with Crippen molar-refractivity contribution in [1.82, 2.24) is 24.7 Å². The Hall–Kier alpha value is -2.58. The molecule has 2 aliphatic heterocycles. The third kappa shape index (κ3) is 5.07. The third-order valence-corrected chi connectivity index (χ3v) is 5.64. The van der Waals surface area contributed by atoms with Crippen LogP contribution >= 0.6 is 0 Å². The van der Waals surface area contributed by atoms with Crippen LogP contribution in [0.2, 0.25) is 0 Å². The summed E-state index contributed by atoms with van der Waals surface area (Å²) in [4.78, 5) is 29.8. The normalized spacial score (nSPS) is 18.8. The lowest BCUT2D eigenvalue weighted by atomic mass is 10.2. The molecule has 7 nitrogen and oxygen atoms in total. The molecule has 154 valence electrons. The molecule has 4 rings (SSSR count). The van der Waals surface area contributed by atoms with Gasteiger partial charge in [0.25, 0.3) is 0 Å². The zero-order valence-corrected chi connectivity index (χ0v) is 16.6. The average Bonchev–Trinajstić information content (AvgIpc) is 2.77. The van der Waals surface area contributed by atoms with E-state index in [0.717, 1.165) is 45.2 Å². The number of hydrogen-bond acceptors (Lipinski definition) is 6. The van der Waals surface area contributed by atoms with E-state index in [2.05, 4.69) is 24.7 Å². The fraction of sp³-hybridized carbons (Fsp3) is 0.476. The first-order valence-corrected chi connectivity index (χ1v) is 10.2. The minimum absolute atomic E-state index is 0.161. The second-order valence-electron chi connectivity index (χ2n) is 7.56. The van der Waals surface area contributed by atoms with Crippen LogP contribution in [0.4, 0.5) is 10.3 Å². The summed E-state index contributed by atoms with van der Waals surface area (Å²) >= 11 is 0. The molecule has 0 atom stereocenters. The van der Waals surface area contributed by atoms with Crippen LogP contribution in [0.5, 0.6) is 0 Å². The molecule has 0 saturated carbocycles. The van der Waals surface area contributed by atoms with Crippen LogP contribution in [-0.2, 0) is 11.3 Å². The Morgan fingerprint density at radius 3 is 2.21 bits per heavy atom. The minimum Gasteiger partial charge on any atom is -0.339 e. The van der Waals surface area contributed by atoms with E-state index in [1.54, 1.807) is 18.5 Å². The molecule has 1 aromatic carbocycles. The Bertz CT molecular complexity index is 804. The van der Waals surface area contributed by atoms with Gasteiger partial charge in [-0.2, -0.15) is 0 Å². The molecule has 0 bridgehead atoms. The fourth-order valence-corrected chi connectivity index (χ4v) is 3.87. The highest BCUT2D eigenvalue weighted by molar-refractivity contribution is 5.78. The molecule has 2 fully saturated rings. The van der Waals surface area contributed by atoms with Gasteiger partial charge < -0.3 is 9.80 Å². The van der Waals surface area contributed by atoms with E-state index in [4.69, 9.17) is 0 Å². The Kier molecular flexibility index (Phi) is 6.31. The number of amides is 1. The summed E-state index contributed by atoms with van der Waals surface area (Å²) in [5, 5.41) is 0. The van der Waals surface area contributed by atoms with Crippen molar-refractivity contribution in [3.8, 4) is 0 Å². The lowest BCUT2D eigenvalue weighted by Crippen LogP contribution is -2.53. The molecule has 2 saturated heterocycles. The van der Waals surface area contributed by atoms with Crippen LogP contribution in [0, 0.1) is 5.82 Å². The number of aromatic nitrogens is 2. The standard InChI is InChI=1S/C21H27FN6O/c22-19-5-2-1-4-18(19)16-25-8-12-27(13-9-25)20(29)17-26-10-14-28(15-11-26)21-23-6-3-7-24-21/h1-7H,8-17H2. The van der Waals surface area contributed by atoms with Crippen LogP contribution in [-0.4, -0.2) is 89.5 Å². The number of anilines is 1. The number of nitrogens with zero attached hydrogens (tertiary/aromatic N) is 6. The smallest absolute Gasteiger partial charge is 0.236 e. The molecule has 29 heavy (non-hydrogen) atoms. The first-order chi connectivity index (χ1) is 14.2. The van der Waals surface area contributed by atoms with Gasteiger partial charge in [0.2, 0.25) is 11.9 Å². The second-order valence-corrected chi connectivity index (χ2v) is 7.56. The zero-order valence-electron chi connectivity index (χ0n) is 16.6. The maximum Gasteiger partial charge on any atom is 0.236 e. The van der Waals surface area contributed by atoms with Gasteiger partial charge in [0.1, 0.15) is 5.82 Å². The van der Waals surface area contributed by atoms with Gasteiger partial charge in [0.15, 0.2) is 0 Å². The fourth-order valence-electron chi connectivity index (χ4n) is 3.87. The van der Waals surface area contributed by atoms with Crippen molar-refractivity contribution < 1.29 is 9.18 Å². The SMILES string of the molecule is O=C(CN1CCN(c2ncccn2)CC1)N1CCN(Cc2ccccc2F)CC1. The summed E-state index contributed by atoms with van der Waals surface area (Å²) in [6.45, 7) is 7.32. The van der Waals surface area contributed by atoms with E-state index in [1.807, 2.05) is 23.1 Å². The summed E-state index contributed by atoms with van der Waals surface area (Å²) in [5.74, 6) is 0.774. The molecule has 2 aromatic rings. The molecular weight excluding hydrogens is 371 g/mol. The molecule has 0 unspecified atom stereocenters. The summed E-state index contributed by atoms with van der Waals surface area (Å²) in [6, 6.07) is 8.71. The number of rotatable bonds is 5. The van der Waals surface area contributed by atoms with Crippen LogP contribution in [0.25, 0.3) is 0 Å². The molecule has 1 aromatic heterocycles. The molecule has 1 amide bonds. The molecule has 0 spiro atoms. The van der Waals surface area contributed by atoms with E-state index in [1.165, 1.54) is 6.07 Å². The van der Waals surface area contributed by atoms with E-state index >= 15 is 0 Å². The summed E-state index contributed by atoms with van der Waals surface area (Å²) in [5.41, 5.74) is 0.715. The molecule has 3 heterocycles. The van der Waals surface area contributed by atoms with E-state index < -0.39 is 0 Å². The zero-order chi connectivity index (χ0) is 20.1. The number of piperazine rings is 2. The molecule has 2 aliphatic rings. The van der Waals surface area contributed by atoms with Crippen molar-refractivity contribution in [1.29, 1.82) is 0 Å². The van der Waals surface area contributed by atoms with Crippen LogP contribution in [0.3, 0.4) is 0 Å². The average molecular weight is 398 g/mol. The number of halogens is 1. The third-order valence-electron chi connectivity index (χ3n) is 5.64. The highest BCUT2D eigenvalue weighted by Crippen LogP contribution is 2.13. The molecule has 0 N–H and O–H groups in total. The number of benzene rings is 1. The first kappa shape index (κ1) is 19.7. The van der Waals surface area contributed by atoms with E-state index in [-0.39, 0.29) is 11.7 Å². The van der Waals surface area contributed by atoms with Crippen LogP contribution < -0.4 is 4.90 Å². The summed E-state index contributed by atoms with van der Waals surface area (Å²) in [7, 11) is 0. The maximum atomic E-state index is 13.8. The predicted molar refractivity (Wildman–Crippen MR) is 109 cm³/mol. The van der Waals surface area contributed by atoms with Gasteiger partial charge in [-0.1, -0.05) is 18.2 Å². The van der Waals surface area contributed by atoms with Crippen molar-refractivity contribution in [3.63, 3.8) is 0 Å².